The predicted molar refractivity (Wildman–Crippen MR) is 59.7 cm³/mol. The topological polar surface area (TPSA) is 54.4 Å². The van der Waals surface area contributed by atoms with Gasteiger partial charge in [0.1, 0.15) is 6.61 Å². The molecule has 0 spiro atoms. The summed E-state index contributed by atoms with van der Waals surface area (Å²) in [6, 6.07) is 4.85. The third-order valence-electron chi connectivity index (χ3n) is 2.41. The lowest BCUT2D eigenvalue weighted by atomic mass is 10.1. The summed E-state index contributed by atoms with van der Waals surface area (Å²) in [6.07, 6.45) is 0. The Hall–Kier alpha value is -1.01. The van der Waals surface area contributed by atoms with E-state index >= 15 is 0 Å². The van der Waals surface area contributed by atoms with Crippen molar-refractivity contribution in [3.05, 3.63) is 29.8 Å². The third kappa shape index (κ3) is 2.63. The van der Waals surface area contributed by atoms with Crippen molar-refractivity contribution < 1.29 is 22.3 Å². The molecule has 0 radical (unpaired) electrons. The van der Waals surface area contributed by atoms with E-state index in [2.05, 4.69) is 0 Å². The molecule has 0 saturated carbocycles. The monoisotopic (exact) mass is 264 g/mol. The molecule has 0 heterocycles. The van der Waals surface area contributed by atoms with E-state index in [4.69, 9.17) is 5.11 Å². The number of halogens is 2. The van der Waals surface area contributed by atoms with Crippen LogP contribution in [0.1, 0.15) is 19.4 Å². The van der Waals surface area contributed by atoms with Crippen LogP contribution in [0.2, 0.25) is 0 Å². The normalized spacial score (nSPS) is 13.1. The molecule has 0 unspecified atom stereocenters. The summed E-state index contributed by atoms with van der Waals surface area (Å²) in [5, 5.41) is 7.84. The maximum absolute atomic E-state index is 13.4. The molecule has 0 aliphatic rings. The molecular weight excluding hydrogens is 250 g/mol. The lowest BCUT2D eigenvalue weighted by Crippen LogP contribution is -2.24. The van der Waals surface area contributed by atoms with Gasteiger partial charge in [0.25, 0.3) is 5.92 Å². The van der Waals surface area contributed by atoms with Gasteiger partial charge in [-0.3, -0.25) is 0 Å². The summed E-state index contributed by atoms with van der Waals surface area (Å²) >= 11 is 0. The van der Waals surface area contributed by atoms with E-state index < -0.39 is 38.1 Å². The summed E-state index contributed by atoms with van der Waals surface area (Å²) < 4.78 is 50.7. The van der Waals surface area contributed by atoms with Gasteiger partial charge >= 0.3 is 0 Å². The molecule has 0 fully saturated rings. The van der Waals surface area contributed by atoms with Crippen LogP contribution in [-0.2, 0) is 15.8 Å². The average Bonchev–Trinajstić information content (AvgIpc) is 2.29. The minimum atomic E-state index is -3.79. The Labute approximate surface area is 99.0 Å². The standard InChI is InChI=1S/C11H14F2O3S/c1-8(2)17(15,16)10-6-4-3-5-9(10)11(12,13)7-14/h3-6,8,14H,7H2,1-2H3. The van der Waals surface area contributed by atoms with Crippen molar-refractivity contribution in [1.82, 2.24) is 0 Å². The Morgan fingerprint density at radius 1 is 1.29 bits per heavy atom. The Morgan fingerprint density at radius 2 is 1.82 bits per heavy atom. The van der Waals surface area contributed by atoms with E-state index in [-0.39, 0.29) is 0 Å². The molecule has 0 atom stereocenters. The summed E-state index contributed by atoms with van der Waals surface area (Å²) in [4.78, 5) is -0.422. The summed E-state index contributed by atoms with van der Waals surface area (Å²) in [6.45, 7) is 1.42. The smallest absolute Gasteiger partial charge is 0.297 e. The highest BCUT2D eigenvalue weighted by molar-refractivity contribution is 7.92. The van der Waals surface area contributed by atoms with Crippen LogP contribution in [0.5, 0.6) is 0 Å². The van der Waals surface area contributed by atoms with E-state index in [1.807, 2.05) is 0 Å². The maximum Gasteiger partial charge on any atom is 0.297 e. The van der Waals surface area contributed by atoms with Crippen LogP contribution in [0.15, 0.2) is 29.2 Å². The van der Waals surface area contributed by atoms with Gasteiger partial charge in [0.15, 0.2) is 9.84 Å². The molecular formula is C11H14F2O3S. The fourth-order valence-electron chi connectivity index (χ4n) is 1.36. The van der Waals surface area contributed by atoms with Crippen molar-refractivity contribution in [2.45, 2.75) is 29.9 Å². The maximum atomic E-state index is 13.4. The van der Waals surface area contributed by atoms with Crippen molar-refractivity contribution in [1.29, 1.82) is 0 Å². The average molecular weight is 264 g/mol. The van der Waals surface area contributed by atoms with Crippen LogP contribution in [-0.4, -0.2) is 25.4 Å². The van der Waals surface area contributed by atoms with E-state index in [1.54, 1.807) is 0 Å². The lowest BCUT2D eigenvalue weighted by Gasteiger charge is -2.18. The number of alkyl halides is 2. The van der Waals surface area contributed by atoms with Gasteiger partial charge in [0, 0.05) is 5.56 Å². The number of aliphatic hydroxyl groups is 1. The summed E-state index contributed by atoms with van der Waals surface area (Å²) in [5.41, 5.74) is -0.656. The van der Waals surface area contributed by atoms with Crippen molar-refractivity contribution in [2.75, 3.05) is 6.61 Å². The third-order valence-corrected chi connectivity index (χ3v) is 4.62. The number of aliphatic hydroxyl groups excluding tert-OH is 1. The van der Waals surface area contributed by atoms with E-state index in [0.717, 1.165) is 12.1 Å². The second kappa shape index (κ2) is 4.70. The quantitative estimate of drug-likeness (QED) is 0.904. The SMILES string of the molecule is CC(C)S(=O)(=O)c1ccccc1C(F)(F)CO. The Balaban J connectivity index is 3.48. The number of sulfone groups is 1. The first-order chi connectivity index (χ1) is 7.73. The largest absolute Gasteiger partial charge is 0.390 e. The van der Waals surface area contributed by atoms with E-state index in [9.17, 15) is 17.2 Å². The molecule has 1 aromatic carbocycles. The van der Waals surface area contributed by atoms with Crippen molar-refractivity contribution in [3.8, 4) is 0 Å². The molecule has 0 bridgehead atoms. The van der Waals surface area contributed by atoms with Gasteiger partial charge in [0.2, 0.25) is 0 Å². The van der Waals surface area contributed by atoms with Crippen molar-refractivity contribution >= 4 is 9.84 Å². The molecule has 96 valence electrons. The minimum Gasteiger partial charge on any atom is -0.390 e. The summed E-state index contributed by atoms with van der Waals surface area (Å²) in [5.74, 6) is -3.56. The molecule has 1 aromatic rings. The number of rotatable bonds is 4. The fourth-order valence-corrected chi connectivity index (χ4v) is 2.66. The first-order valence-electron chi connectivity index (χ1n) is 5.05. The van der Waals surface area contributed by atoms with Crippen LogP contribution in [0, 0.1) is 0 Å². The van der Waals surface area contributed by atoms with Crippen LogP contribution in [0.25, 0.3) is 0 Å². The van der Waals surface area contributed by atoms with Crippen molar-refractivity contribution in [2.24, 2.45) is 0 Å². The predicted octanol–water partition coefficient (Wildman–Crippen LogP) is 1.95. The van der Waals surface area contributed by atoms with Crippen molar-refractivity contribution in [3.63, 3.8) is 0 Å². The molecule has 1 N–H and O–H groups in total. The number of hydrogen-bond donors (Lipinski definition) is 1. The molecule has 3 nitrogen and oxygen atoms in total. The van der Waals surface area contributed by atoms with Gasteiger partial charge in [0.05, 0.1) is 10.1 Å². The van der Waals surface area contributed by atoms with E-state index in [1.165, 1.54) is 26.0 Å². The highest BCUT2D eigenvalue weighted by Gasteiger charge is 2.37. The first-order valence-corrected chi connectivity index (χ1v) is 6.60. The number of benzene rings is 1. The highest BCUT2D eigenvalue weighted by Crippen LogP contribution is 2.33. The van der Waals surface area contributed by atoms with Gasteiger partial charge in [-0.05, 0) is 19.9 Å². The molecule has 0 aliphatic heterocycles. The Bertz CT molecular complexity index is 495. The number of hydrogen-bond acceptors (Lipinski definition) is 3. The van der Waals surface area contributed by atoms with Crippen LogP contribution in [0.4, 0.5) is 8.78 Å². The zero-order valence-electron chi connectivity index (χ0n) is 9.52. The van der Waals surface area contributed by atoms with Crippen LogP contribution >= 0.6 is 0 Å². The Kier molecular flexibility index (Phi) is 3.88. The second-order valence-electron chi connectivity index (χ2n) is 3.95. The first kappa shape index (κ1) is 14.1. The van der Waals surface area contributed by atoms with Gasteiger partial charge in [-0.2, -0.15) is 8.78 Å². The van der Waals surface area contributed by atoms with E-state index in [0.29, 0.717) is 0 Å². The molecule has 17 heavy (non-hydrogen) atoms. The van der Waals surface area contributed by atoms with Crippen LogP contribution < -0.4 is 0 Å². The Morgan fingerprint density at radius 3 is 2.29 bits per heavy atom. The lowest BCUT2D eigenvalue weighted by molar-refractivity contribution is -0.0579. The summed E-state index contributed by atoms with van der Waals surface area (Å²) in [7, 11) is -3.79. The fraction of sp³-hybridized carbons (Fsp3) is 0.455. The zero-order chi connectivity index (χ0) is 13.3. The zero-order valence-corrected chi connectivity index (χ0v) is 10.3. The van der Waals surface area contributed by atoms with Gasteiger partial charge < -0.3 is 5.11 Å². The molecule has 0 aromatic heterocycles. The minimum absolute atomic E-state index is 0.422. The van der Waals surface area contributed by atoms with Gasteiger partial charge in [-0.25, -0.2) is 8.42 Å². The molecule has 6 heteroatoms. The molecule has 0 saturated heterocycles. The van der Waals surface area contributed by atoms with Gasteiger partial charge in [-0.15, -0.1) is 0 Å². The van der Waals surface area contributed by atoms with Gasteiger partial charge in [-0.1, -0.05) is 18.2 Å². The van der Waals surface area contributed by atoms with Crippen LogP contribution in [0.3, 0.4) is 0 Å². The molecule has 0 aliphatic carbocycles. The molecule has 0 amide bonds. The second-order valence-corrected chi connectivity index (χ2v) is 6.43. The molecule has 1 rings (SSSR count). The highest BCUT2D eigenvalue weighted by atomic mass is 32.2.